The molecule has 350 valence electrons. The highest BCUT2D eigenvalue weighted by molar-refractivity contribution is 5.85. The van der Waals surface area contributed by atoms with Crippen molar-refractivity contribution in [3.05, 3.63) is 48.7 Å². The van der Waals surface area contributed by atoms with E-state index >= 15 is 4.79 Å². The third-order valence-electron chi connectivity index (χ3n) is 20.9. The van der Waals surface area contributed by atoms with E-state index in [0.29, 0.717) is 36.0 Å². The number of ether oxygens (including phenoxy) is 1. The summed E-state index contributed by atoms with van der Waals surface area (Å²) in [6, 6.07) is 4.00. The second-order valence-electron chi connectivity index (χ2n) is 24.5. The number of aromatic nitrogens is 3. The molecule has 10 nitrogen and oxygen atoms in total. The Kier molecular flexibility index (Phi) is 11.3. The fourth-order valence-electron chi connectivity index (χ4n) is 17.1. The summed E-state index contributed by atoms with van der Waals surface area (Å²) in [5, 5.41) is 9.74. The molecular formula is C54H79N5O5. The van der Waals surface area contributed by atoms with Gasteiger partial charge in [-0.05, 0) is 168 Å². The summed E-state index contributed by atoms with van der Waals surface area (Å²) in [6.07, 6.45) is 18.5. The van der Waals surface area contributed by atoms with Crippen LogP contribution in [0.5, 0.6) is 0 Å². The number of carbonyl (C=O) groups excluding carboxylic acids is 2. The number of hydrogen-bond donors (Lipinski definition) is 1. The average molecular weight is 878 g/mol. The van der Waals surface area contributed by atoms with Gasteiger partial charge >= 0.3 is 11.9 Å². The topological polar surface area (TPSA) is 118 Å². The Bertz CT molecular complexity index is 2160. The van der Waals surface area contributed by atoms with E-state index in [1.54, 1.807) is 6.20 Å². The van der Waals surface area contributed by atoms with E-state index in [1.807, 2.05) is 26.1 Å². The second kappa shape index (κ2) is 15.8. The van der Waals surface area contributed by atoms with Gasteiger partial charge in [0, 0.05) is 49.2 Å². The predicted octanol–water partition coefficient (Wildman–Crippen LogP) is 10.5. The first-order chi connectivity index (χ1) is 30.1. The van der Waals surface area contributed by atoms with E-state index in [9.17, 15) is 14.7 Å². The number of fused-ring (bicyclic) bond motifs is 7. The van der Waals surface area contributed by atoms with E-state index in [0.717, 1.165) is 107 Å². The van der Waals surface area contributed by atoms with Crippen LogP contribution in [0.4, 0.5) is 0 Å². The molecule has 13 atom stereocenters. The normalized spacial score (nSPS) is 40.7. The zero-order valence-corrected chi connectivity index (χ0v) is 40.9. The lowest BCUT2D eigenvalue weighted by atomic mass is 9.32. The number of likely N-dealkylation sites (N-methyl/N-ethyl adjacent to an activating group) is 1. The second-order valence-corrected chi connectivity index (χ2v) is 24.5. The molecule has 2 aromatic rings. The van der Waals surface area contributed by atoms with Crippen LogP contribution >= 0.6 is 0 Å². The van der Waals surface area contributed by atoms with Crippen molar-refractivity contribution in [2.24, 2.45) is 73.9 Å². The minimum Gasteiger partial charge on any atom is -0.481 e. The third kappa shape index (κ3) is 6.65. The zero-order chi connectivity index (χ0) is 45.9. The summed E-state index contributed by atoms with van der Waals surface area (Å²) in [5.41, 5.74) is 2.32. The predicted molar refractivity (Wildman–Crippen MR) is 250 cm³/mol. The molecule has 0 radical (unpaired) electrons. The maximum absolute atomic E-state index is 15.9. The van der Waals surface area contributed by atoms with Crippen molar-refractivity contribution in [2.45, 2.75) is 158 Å². The maximum atomic E-state index is 15.9. The highest BCUT2D eigenvalue weighted by Gasteiger charge is 2.72. The highest BCUT2D eigenvalue weighted by Crippen LogP contribution is 2.78. The van der Waals surface area contributed by atoms with Crippen LogP contribution in [0.25, 0.3) is 11.3 Å². The molecular weight excluding hydrogens is 799 g/mol. The number of carboxylic acids is 1. The van der Waals surface area contributed by atoms with Gasteiger partial charge in [-0.15, -0.1) is 0 Å². The average Bonchev–Trinajstić information content (AvgIpc) is 3.99. The molecule has 0 spiro atoms. The molecule has 6 saturated carbocycles. The number of amides is 1. The molecule has 64 heavy (non-hydrogen) atoms. The number of allylic oxidation sites excluding steroid dienone is 1. The molecule has 7 aliphatic rings. The molecule has 0 aromatic carbocycles. The van der Waals surface area contributed by atoms with Crippen LogP contribution in [-0.4, -0.2) is 80.6 Å². The summed E-state index contributed by atoms with van der Waals surface area (Å²) in [6.45, 7) is 25.8. The van der Waals surface area contributed by atoms with E-state index < -0.39 is 22.7 Å². The molecule has 2 aromatic heterocycles. The Morgan fingerprint density at radius 2 is 1.66 bits per heavy atom. The number of esters is 1. The summed E-state index contributed by atoms with van der Waals surface area (Å²) in [5.74, 6) is 1.54. The van der Waals surface area contributed by atoms with Crippen molar-refractivity contribution in [1.29, 1.82) is 0 Å². The van der Waals surface area contributed by atoms with Gasteiger partial charge in [-0.3, -0.25) is 19.4 Å². The summed E-state index contributed by atoms with van der Waals surface area (Å²) in [7, 11) is 4.22. The molecule has 7 fully saturated rings. The van der Waals surface area contributed by atoms with E-state index in [1.165, 1.54) is 12.0 Å². The SMILES string of the molecule is C=C(C)[C@@H]1CC[C@]2(C(=O)N3CCC[C@H]3c3nc(-c4cccnc4)cn3CCN(C)C)CC[C@]3(C)[C@H](CCC4[C@@]5(C)CC[C@H](OC(=O)[C@H]6C[C@@H](C(=O)O)C6(C)C)C(C)(C)C5CC[C@]43C)C12. The number of rotatable bonds is 10. The van der Waals surface area contributed by atoms with Gasteiger partial charge in [-0.2, -0.15) is 0 Å². The number of nitrogens with zero attached hydrogens (tertiary/aromatic N) is 5. The number of imidazole rings is 1. The van der Waals surface area contributed by atoms with Crippen molar-refractivity contribution in [3.8, 4) is 11.3 Å². The van der Waals surface area contributed by atoms with Gasteiger partial charge in [0.25, 0.3) is 0 Å². The molecule has 10 heteroatoms. The number of carboxylic acid groups (broad SMARTS) is 1. The minimum atomic E-state index is -0.818. The quantitative estimate of drug-likeness (QED) is 0.185. The molecule has 1 saturated heterocycles. The fourth-order valence-corrected chi connectivity index (χ4v) is 17.1. The Labute approximate surface area is 383 Å². The first-order valence-corrected chi connectivity index (χ1v) is 25.1. The number of likely N-dealkylation sites (tertiary alicyclic amines) is 1. The fraction of sp³-hybridized carbons (Fsp3) is 0.759. The van der Waals surface area contributed by atoms with Gasteiger partial charge in [0.1, 0.15) is 11.9 Å². The standard InChI is InChI=1S/C54H79N5O5/c1-33(2)35-18-23-54(48(63)59-27-13-15-40(59)45-56-39(34-14-12-26-55-31-34)32-58(45)29-28-57(10)11)25-24-52(8)36(44(35)54)16-17-42-51(7)21-20-43(50(5,6)41(51)19-22-53(42,52)9)64-47(62)38-30-37(46(60)61)49(38,3)4/h12,14,26,31-32,35-38,40-44H,1,13,15-25,27-30H2,2-11H3,(H,60,61)/t35-,36+,37-,38+,40-,41?,42?,43-,44?,51-,52+,53+,54-/m0/s1. The smallest absolute Gasteiger partial charge is 0.309 e. The van der Waals surface area contributed by atoms with Gasteiger partial charge in [0.05, 0.1) is 29.0 Å². The van der Waals surface area contributed by atoms with Crippen LogP contribution in [0.3, 0.4) is 0 Å². The molecule has 3 heterocycles. The Morgan fingerprint density at radius 1 is 0.891 bits per heavy atom. The van der Waals surface area contributed by atoms with Crippen LogP contribution < -0.4 is 0 Å². The van der Waals surface area contributed by atoms with Crippen LogP contribution in [-0.2, 0) is 25.7 Å². The molecule has 0 bridgehead atoms. The van der Waals surface area contributed by atoms with Crippen LogP contribution in [0.1, 0.15) is 151 Å². The Morgan fingerprint density at radius 3 is 2.33 bits per heavy atom. The maximum Gasteiger partial charge on any atom is 0.309 e. The van der Waals surface area contributed by atoms with Gasteiger partial charge in [-0.1, -0.05) is 60.6 Å². The van der Waals surface area contributed by atoms with Gasteiger partial charge in [0.2, 0.25) is 5.91 Å². The lowest BCUT2D eigenvalue weighted by Crippen LogP contribution is -2.67. The van der Waals surface area contributed by atoms with Crippen LogP contribution in [0.2, 0.25) is 0 Å². The van der Waals surface area contributed by atoms with Crippen LogP contribution in [0.15, 0.2) is 42.9 Å². The summed E-state index contributed by atoms with van der Waals surface area (Å²) in [4.78, 5) is 55.8. The van der Waals surface area contributed by atoms with E-state index in [4.69, 9.17) is 9.72 Å². The van der Waals surface area contributed by atoms with Crippen LogP contribution in [0, 0.1) is 73.9 Å². The number of carbonyl (C=O) groups is 3. The number of aliphatic carboxylic acids is 1. The first kappa shape index (κ1) is 45.6. The van der Waals surface area contributed by atoms with Gasteiger partial charge < -0.3 is 24.2 Å². The first-order valence-electron chi connectivity index (χ1n) is 25.1. The third-order valence-corrected chi connectivity index (χ3v) is 20.9. The van der Waals surface area contributed by atoms with Crippen molar-refractivity contribution in [2.75, 3.05) is 27.2 Å². The highest BCUT2D eigenvalue weighted by atomic mass is 16.5. The molecule has 3 unspecified atom stereocenters. The Balaban J connectivity index is 0.983. The summed E-state index contributed by atoms with van der Waals surface area (Å²) >= 11 is 0. The summed E-state index contributed by atoms with van der Waals surface area (Å²) < 4.78 is 8.81. The lowest BCUT2D eigenvalue weighted by molar-refractivity contribution is -0.251. The van der Waals surface area contributed by atoms with Crippen molar-refractivity contribution in [1.82, 2.24) is 24.3 Å². The molecule has 6 aliphatic carbocycles. The lowest BCUT2D eigenvalue weighted by Gasteiger charge is -2.73. The molecule has 1 amide bonds. The zero-order valence-electron chi connectivity index (χ0n) is 40.9. The monoisotopic (exact) mass is 878 g/mol. The van der Waals surface area contributed by atoms with Crippen molar-refractivity contribution < 1.29 is 24.2 Å². The Hall–Kier alpha value is -3.53. The molecule has 1 N–H and O–H groups in total. The van der Waals surface area contributed by atoms with Gasteiger partial charge in [-0.25, -0.2) is 4.98 Å². The van der Waals surface area contributed by atoms with Gasteiger partial charge in [0.15, 0.2) is 0 Å². The largest absolute Gasteiger partial charge is 0.481 e. The number of hydrogen-bond acceptors (Lipinski definition) is 7. The van der Waals surface area contributed by atoms with Crippen molar-refractivity contribution >= 4 is 17.8 Å². The number of pyridine rings is 1. The van der Waals surface area contributed by atoms with E-state index in [2.05, 4.69) is 93.8 Å². The van der Waals surface area contributed by atoms with Crippen molar-refractivity contribution in [3.63, 3.8) is 0 Å². The van der Waals surface area contributed by atoms with E-state index in [-0.39, 0.29) is 51.6 Å². The minimum absolute atomic E-state index is 0.0459. The molecule has 1 aliphatic heterocycles. The molecule has 9 rings (SSSR count).